The fourth-order valence-corrected chi connectivity index (χ4v) is 3.32. The summed E-state index contributed by atoms with van der Waals surface area (Å²) in [6.45, 7) is 10.5. The number of carbonyl (C=O) groups is 1. The largest absolute Gasteiger partial charge is 0.443 e. The molecule has 6 nitrogen and oxygen atoms in total. The van der Waals surface area contributed by atoms with E-state index < -0.39 is 12.1 Å². The molecule has 0 aliphatic carbocycles. The maximum Gasteiger partial charge on any atom is 0.332 e. The second-order valence-corrected chi connectivity index (χ2v) is 6.60. The third-order valence-electron chi connectivity index (χ3n) is 4.35. The second-order valence-electron chi connectivity index (χ2n) is 6.17. The van der Waals surface area contributed by atoms with Gasteiger partial charge in [0.15, 0.2) is 0 Å². The molecular formula is C20H28ClNO5. The number of carbonyl (C=O) groups excluding carboxylic acids is 1. The SMILES string of the molecule is CCOC1C(C(=O)Nc2ccc(Cl)cc2)=C(C)OC(OCC)(OCC)C1C. The summed E-state index contributed by atoms with van der Waals surface area (Å²) in [4.78, 5) is 13.0. The van der Waals surface area contributed by atoms with Gasteiger partial charge in [0, 0.05) is 17.3 Å². The van der Waals surface area contributed by atoms with E-state index in [9.17, 15) is 4.79 Å². The molecular weight excluding hydrogens is 370 g/mol. The molecule has 27 heavy (non-hydrogen) atoms. The van der Waals surface area contributed by atoms with Crippen molar-refractivity contribution in [2.75, 3.05) is 25.1 Å². The molecule has 0 bridgehead atoms. The van der Waals surface area contributed by atoms with E-state index in [0.717, 1.165) is 0 Å². The van der Waals surface area contributed by atoms with Gasteiger partial charge in [-0.05, 0) is 52.0 Å². The molecule has 1 aromatic carbocycles. The normalized spacial score (nSPS) is 21.7. The predicted octanol–water partition coefficient (Wildman–Crippen LogP) is 4.35. The van der Waals surface area contributed by atoms with E-state index in [1.165, 1.54) is 0 Å². The van der Waals surface area contributed by atoms with Crippen LogP contribution in [-0.2, 0) is 23.7 Å². The van der Waals surface area contributed by atoms with E-state index in [2.05, 4.69) is 5.32 Å². The number of allylic oxidation sites excluding steroid dienone is 1. The molecule has 1 heterocycles. The number of ether oxygens (including phenoxy) is 4. The van der Waals surface area contributed by atoms with E-state index in [-0.39, 0.29) is 11.8 Å². The second kappa shape index (κ2) is 9.55. The van der Waals surface area contributed by atoms with Gasteiger partial charge in [-0.1, -0.05) is 18.5 Å². The highest BCUT2D eigenvalue weighted by Crippen LogP contribution is 2.40. The Hall–Kier alpha value is -1.60. The van der Waals surface area contributed by atoms with Gasteiger partial charge in [0.25, 0.3) is 5.91 Å². The van der Waals surface area contributed by atoms with Gasteiger partial charge >= 0.3 is 5.97 Å². The summed E-state index contributed by atoms with van der Waals surface area (Å²) in [6, 6.07) is 6.91. The number of nitrogens with one attached hydrogen (secondary N) is 1. The fraction of sp³-hybridized carbons (Fsp3) is 0.550. The number of benzene rings is 1. The van der Waals surface area contributed by atoms with Crippen molar-refractivity contribution in [3.05, 3.63) is 40.6 Å². The molecule has 1 aromatic rings. The molecule has 1 aliphatic heterocycles. The summed E-state index contributed by atoms with van der Waals surface area (Å²) in [6.07, 6.45) is -0.533. The Morgan fingerprint density at radius 1 is 1.15 bits per heavy atom. The number of amides is 1. The van der Waals surface area contributed by atoms with Crippen LogP contribution in [0.25, 0.3) is 0 Å². The molecule has 0 saturated heterocycles. The standard InChI is InChI=1S/C20H28ClNO5/c1-6-24-18-13(4)20(25-7-2,26-8-3)27-14(5)17(18)19(23)22-16-11-9-15(21)10-12-16/h9-13,18H,6-8H2,1-5H3,(H,22,23). The maximum absolute atomic E-state index is 13.0. The van der Waals surface area contributed by atoms with Crippen LogP contribution in [0.15, 0.2) is 35.6 Å². The van der Waals surface area contributed by atoms with Crippen LogP contribution in [0, 0.1) is 5.92 Å². The van der Waals surface area contributed by atoms with Crippen molar-refractivity contribution in [1.29, 1.82) is 0 Å². The number of rotatable bonds is 8. The minimum atomic E-state index is -1.28. The lowest BCUT2D eigenvalue weighted by Gasteiger charge is -2.45. The average Bonchev–Trinajstić information content (AvgIpc) is 2.62. The van der Waals surface area contributed by atoms with Crippen LogP contribution in [0.1, 0.15) is 34.6 Å². The predicted molar refractivity (Wildman–Crippen MR) is 104 cm³/mol. The monoisotopic (exact) mass is 397 g/mol. The van der Waals surface area contributed by atoms with Crippen LogP contribution < -0.4 is 5.32 Å². The molecule has 0 aromatic heterocycles. The first-order valence-electron chi connectivity index (χ1n) is 9.24. The molecule has 2 rings (SSSR count). The van der Waals surface area contributed by atoms with Crippen molar-refractivity contribution in [2.45, 2.75) is 46.7 Å². The highest BCUT2D eigenvalue weighted by Gasteiger charge is 2.52. The number of halogens is 1. The van der Waals surface area contributed by atoms with Crippen molar-refractivity contribution in [2.24, 2.45) is 5.92 Å². The summed E-state index contributed by atoms with van der Waals surface area (Å²) in [5.41, 5.74) is 1.06. The number of hydrogen-bond acceptors (Lipinski definition) is 5. The topological polar surface area (TPSA) is 66.0 Å². The number of hydrogen-bond donors (Lipinski definition) is 1. The quantitative estimate of drug-likeness (QED) is 0.660. The Morgan fingerprint density at radius 3 is 2.26 bits per heavy atom. The lowest BCUT2D eigenvalue weighted by molar-refractivity contribution is -0.401. The minimum Gasteiger partial charge on any atom is -0.443 e. The Kier molecular flexibility index (Phi) is 7.68. The summed E-state index contributed by atoms with van der Waals surface area (Å²) >= 11 is 5.90. The van der Waals surface area contributed by atoms with Gasteiger partial charge in [-0.3, -0.25) is 4.79 Å². The lowest BCUT2D eigenvalue weighted by Crippen LogP contribution is -2.55. The van der Waals surface area contributed by atoms with Crippen molar-refractivity contribution < 1.29 is 23.7 Å². The van der Waals surface area contributed by atoms with Gasteiger partial charge in [0.05, 0.1) is 24.7 Å². The third-order valence-corrected chi connectivity index (χ3v) is 4.61. The molecule has 150 valence electrons. The van der Waals surface area contributed by atoms with Crippen LogP contribution in [-0.4, -0.2) is 37.8 Å². The van der Waals surface area contributed by atoms with Crippen LogP contribution in [0.5, 0.6) is 0 Å². The minimum absolute atomic E-state index is 0.290. The highest BCUT2D eigenvalue weighted by atomic mass is 35.5. The average molecular weight is 398 g/mol. The molecule has 2 atom stereocenters. The van der Waals surface area contributed by atoms with E-state index >= 15 is 0 Å². The van der Waals surface area contributed by atoms with Gasteiger partial charge in [0.1, 0.15) is 11.9 Å². The van der Waals surface area contributed by atoms with E-state index in [1.54, 1.807) is 31.2 Å². The summed E-state index contributed by atoms with van der Waals surface area (Å²) in [5, 5.41) is 3.47. The number of anilines is 1. The Bertz CT molecular complexity index is 667. The molecule has 1 N–H and O–H groups in total. The van der Waals surface area contributed by atoms with Crippen molar-refractivity contribution in [3.63, 3.8) is 0 Å². The van der Waals surface area contributed by atoms with Crippen LogP contribution in [0.2, 0.25) is 5.02 Å². The van der Waals surface area contributed by atoms with E-state index in [0.29, 0.717) is 41.9 Å². The van der Waals surface area contributed by atoms with Gasteiger partial charge in [-0.15, -0.1) is 0 Å². The molecule has 0 fully saturated rings. The molecule has 1 amide bonds. The summed E-state index contributed by atoms with van der Waals surface area (Å²) in [7, 11) is 0. The molecule has 7 heteroatoms. The van der Waals surface area contributed by atoms with E-state index in [1.807, 2.05) is 27.7 Å². The zero-order chi connectivity index (χ0) is 20.0. The van der Waals surface area contributed by atoms with Crippen LogP contribution in [0.4, 0.5) is 5.69 Å². The maximum atomic E-state index is 13.0. The van der Waals surface area contributed by atoms with Gasteiger partial charge in [-0.25, -0.2) is 0 Å². The van der Waals surface area contributed by atoms with Crippen LogP contribution >= 0.6 is 11.6 Å². The molecule has 0 spiro atoms. The van der Waals surface area contributed by atoms with E-state index in [4.69, 9.17) is 30.5 Å². The fourth-order valence-electron chi connectivity index (χ4n) is 3.19. The van der Waals surface area contributed by atoms with Gasteiger partial charge < -0.3 is 24.3 Å². The van der Waals surface area contributed by atoms with Gasteiger partial charge in [0.2, 0.25) is 0 Å². The third kappa shape index (κ3) is 4.82. The van der Waals surface area contributed by atoms with Crippen LogP contribution in [0.3, 0.4) is 0 Å². The molecule has 0 radical (unpaired) electrons. The molecule has 1 aliphatic rings. The Balaban J connectivity index is 2.36. The Labute approximate surface area is 165 Å². The zero-order valence-corrected chi connectivity index (χ0v) is 17.3. The van der Waals surface area contributed by atoms with Crippen molar-refractivity contribution >= 4 is 23.2 Å². The highest BCUT2D eigenvalue weighted by molar-refractivity contribution is 6.30. The lowest BCUT2D eigenvalue weighted by atomic mass is 9.90. The Morgan fingerprint density at radius 2 is 1.74 bits per heavy atom. The van der Waals surface area contributed by atoms with Crippen molar-refractivity contribution in [3.8, 4) is 0 Å². The first kappa shape index (κ1) is 21.7. The van der Waals surface area contributed by atoms with Crippen molar-refractivity contribution in [1.82, 2.24) is 0 Å². The van der Waals surface area contributed by atoms with Gasteiger partial charge in [-0.2, -0.15) is 0 Å². The summed E-state index contributed by atoms with van der Waals surface area (Å²) < 4.78 is 23.6. The molecule has 0 saturated carbocycles. The first-order valence-corrected chi connectivity index (χ1v) is 9.62. The molecule has 2 unspecified atom stereocenters. The first-order chi connectivity index (χ1) is 12.9. The summed E-state index contributed by atoms with van der Waals surface area (Å²) in [5.74, 6) is -1.51. The zero-order valence-electron chi connectivity index (χ0n) is 16.5. The smallest absolute Gasteiger partial charge is 0.332 e.